The molecule has 3 aromatic rings. The first-order valence-corrected chi connectivity index (χ1v) is 9.44. The van der Waals surface area contributed by atoms with Crippen LogP contribution in [-0.4, -0.2) is 25.6 Å². The second kappa shape index (κ2) is 8.39. The number of rotatable bonds is 7. The van der Waals surface area contributed by atoms with E-state index in [0.29, 0.717) is 22.2 Å². The van der Waals surface area contributed by atoms with Gasteiger partial charge < -0.3 is 14.8 Å². The molecule has 136 valence electrons. The zero-order valence-corrected chi connectivity index (χ0v) is 15.5. The lowest BCUT2D eigenvalue weighted by atomic mass is 10.1. The number of hydrogen-bond donors (Lipinski definition) is 1. The molecule has 0 fully saturated rings. The van der Waals surface area contributed by atoms with E-state index in [9.17, 15) is 14.0 Å². The Labute approximate surface area is 157 Å². The van der Waals surface area contributed by atoms with Crippen molar-refractivity contribution in [3.63, 3.8) is 0 Å². The highest BCUT2D eigenvalue weighted by Crippen LogP contribution is 2.34. The number of fused-ring (bicyclic) bond motifs is 1. The number of benzene rings is 1. The van der Waals surface area contributed by atoms with Gasteiger partial charge in [-0.05, 0) is 23.6 Å². The first kappa shape index (κ1) is 18.5. The van der Waals surface area contributed by atoms with Gasteiger partial charge >= 0.3 is 5.97 Å². The molecular weight excluding hydrogens is 377 g/mol. The van der Waals surface area contributed by atoms with E-state index in [-0.39, 0.29) is 11.5 Å². The minimum atomic E-state index is -0.663. The van der Waals surface area contributed by atoms with Crippen molar-refractivity contribution in [3.05, 3.63) is 56.8 Å². The summed E-state index contributed by atoms with van der Waals surface area (Å²) in [6, 6.07) is 8.44. The van der Waals surface area contributed by atoms with Crippen molar-refractivity contribution in [2.75, 3.05) is 13.7 Å². The first-order valence-electron chi connectivity index (χ1n) is 7.75. The summed E-state index contributed by atoms with van der Waals surface area (Å²) < 4.78 is 25.0. The van der Waals surface area contributed by atoms with Crippen molar-refractivity contribution in [2.45, 2.75) is 13.2 Å². The fourth-order valence-corrected chi connectivity index (χ4v) is 4.22. The molecule has 2 aromatic heterocycles. The number of thiophene rings is 2. The molecule has 0 spiro atoms. The van der Waals surface area contributed by atoms with Gasteiger partial charge in [-0.15, -0.1) is 22.7 Å². The number of esters is 1. The van der Waals surface area contributed by atoms with Gasteiger partial charge in [-0.2, -0.15) is 0 Å². The number of nitrogens with one attached hydrogen (secondary N) is 1. The van der Waals surface area contributed by atoms with E-state index < -0.39 is 24.3 Å². The molecule has 1 amide bonds. The summed E-state index contributed by atoms with van der Waals surface area (Å²) in [6.45, 7) is 0.0698. The van der Waals surface area contributed by atoms with Gasteiger partial charge in [0.2, 0.25) is 0 Å². The van der Waals surface area contributed by atoms with Crippen LogP contribution < -0.4 is 5.32 Å². The molecule has 1 N–H and O–H groups in total. The molecule has 8 heteroatoms. The Morgan fingerprint density at radius 3 is 2.81 bits per heavy atom. The van der Waals surface area contributed by atoms with E-state index >= 15 is 0 Å². The number of hydrogen-bond acceptors (Lipinski definition) is 6. The SMILES string of the molecule is COCc1c(C(=O)OCC(=O)NCc2cccs2)sc2cccc(F)c12. The van der Waals surface area contributed by atoms with E-state index in [1.54, 1.807) is 12.1 Å². The normalized spacial score (nSPS) is 10.8. The number of carbonyl (C=O) groups is 2. The van der Waals surface area contributed by atoms with Crippen LogP contribution in [0.25, 0.3) is 10.1 Å². The summed E-state index contributed by atoms with van der Waals surface area (Å²) >= 11 is 2.65. The fraction of sp³-hybridized carbons (Fsp3) is 0.222. The molecule has 0 atom stereocenters. The van der Waals surface area contributed by atoms with E-state index in [1.165, 1.54) is 24.5 Å². The Bertz CT molecular complexity index is 921. The second-order valence-electron chi connectivity index (χ2n) is 5.39. The van der Waals surface area contributed by atoms with E-state index in [0.717, 1.165) is 16.2 Å². The van der Waals surface area contributed by atoms with Gasteiger partial charge in [-0.3, -0.25) is 4.79 Å². The highest BCUT2D eigenvalue weighted by molar-refractivity contribution is 7.21. The molecular formula is C18H16FNO4S2. The maximum Gasteiger partial charge on any atom is 0.349 e. The zero-order valence-electron chi connectivity index (χ0n) is 13.9. The summed E-state index contributed by atoms with van der Waals surface area (Å²) in [5.41, 5.74) is 0.439. The van der Waals surface area contributed by atoms with Crippen LogP contribution in [0.15, 0.2) is 35.7 Å². The van der Waals surface area contributed by atoms with Crippen LogP contribution in [-0.2, 0) is 27.4 Å². The van der Waals surface area contributed by atoms with Crippen LogP contribution >= 0.6 is 22.7 Å². The van der Waals surface area contributed by atoms with Gasteiger partial charge in [-0.1, -0.05) is 12.1 Å². The summed E-state index contributed by atoms with van der Waals surface area (Å²) in [5, 5.41) is 4.95. The number of halogens is 1. The zero-order chi connectivity index (χ0) is 18.5. The first-order chi connectivity index (χ1) is 12.6. The second-order valence-corrected chi connectivity index (χ2v) is 7.47. The molecule has 26 heavy (non-hydrogen) atoms. The number of carbonyl (C=O) groups excluding carboxylic acids is 2. The number of ether oxygens (including phenoxy) is 2. The molecule has 0 saturated heterocycles. The summed E-state index contributed by atoms with van der Waals surface area (Å²) in [5.74, 6) is -1.48. The van der Waals surface area contributed by atoms with E-state index in [2.05, 4.69) is 5.32 Å². The van der Waals surface area contributed by atoms with Crippen molar-refractivity contribution in [3.8, 4) is 0 Å². The number of methoxy groups -OCH3 is 1. The van der Waals surface area contributed by atoms with Crippen molar-refractivity contribution in [2.24, 2.45) is 0 Å². The maximum atomic E-state index is 14.1. The average molecular weight is 393 g/mol. The Balaban J connectivity index is 1.68. The summed E-state index contributed by atoms with van der Waals surface area (Å²) in [6.07, 6.45) is 0. The molecule has 1 aromatic carbocycles. The predicted molar refractivity (Wildman–Crippen MR) is 98.9 cm³/mol. The van der Waals surface area contributed by atoms with Crippen LogP contribution in [0.2, 0.25) is 0 Å². The van der Waals surface area contributed by atoms with Crippen molar-refractivity contribution in [1.82, 2.24) is 5.32 Å². The van der Waals surface area contributed by atoms with Gasteiger partial charge in [0.15, 0.2) is 6.61 Å². The molecule has 0 aliphatic rings. The minimum absolute atomic E-state index is 0.0793. The standard InChI is InChI=1S/C18H16FNO4S2/c1-23-9-12-16-13(19)5-2-6-14(16)26-17(12)18(22)24-10-15(21)20-8-11-4-3-7-25-11/h2-7H,8-10H2,1H3,(H,20,21). The average Bonchev–Trinajstić information content (AvgIpc) is 3.27. The molecule has 0 radical (unpaired) electrons. The van der Waals surface area contributed by atoms with Gasteiger partial charge in [0.1, 0.15) is 10.7 Å². The highest BCUT2D eigenvalue weighted by Gasteiger charge is 2.22. The van der Waals surface area contributed by atoms with Gasteiger partial charge in [0, 0.05) is 27.6 Å². The molecule has 0 saturated carbocycles. The Hall–Kier alpha value is -2.29. The maximum absolute atomic E-state index is 14.1. The molecule has 0 unspecified atom stereocenters. The lowest BCUT2D eigenvalue weighted by Gasteiger charge is -2.06. The third-order valence-electron chi connectivity index (χ3n) is 3.61. The van der Waals surface area contributed by atoms with Crippen LogP contribution in [0.4, 0.5) is 4.39 Å². The van der Waals surface area contributed by atoms with Crippen molar-refractivity contribution >= 4 is 44.6 Å². The molecule has 2 heterocycles. The fourth-order valence-electron chi connectivity index (χ4n) is 2.46. The quantitative estimate of drug-likeness (QED) is 0.622. The topological polar surface area (TPSA) is 64.6 Å². The van der Waals surface area contributed by atoms with Gasteiger partial charge in [-0.25, -0.2) is 9.18 Å². The lowest BCUT2D eigenvalue weighted by Crippen LogP contribution is -2.28. The van der Waals surface area contributed by atoms with Crippen molar-refractivity contribution < 1.29 is 23.5 Å². The lowest BCUT2D eigenvalue weighted by molar-refractivity contribution is -0.124. The van der Waals surface area contributed by atoms with Gasteiger partial charge in [0.05, 0.1) is 13.2 Å². The summed E-state index contributed by atoms with van der Waals surface area (Å²) in [4.78, 5) is 25.5. The smallest absolute Gasteiger partial charge is 0.349 e. The Kier molecular flexibility index (Phi) is 5.97. The largest absolute Gasteiger partial charge is 0.451 e. The van der Waals surface area contributed by atoms with Crippen LogP contribution in [0.3, 0.4) is 0 Å². The molecule has 3 rings (SSSR count). The highest BCUT2D eigenvalue weighted by atomic mass is 32.1. The minimum Gasteiger partial charge on any atom is -0.451 e. The molecule has 0 aliphatic carbocycles. The third-order valence-corrected chi connectivity index (χ3v) is 5.67. The monoisotopic (exact) mass is 393 g/mol. The van der Waals surface area contributed by atoms with Crippen molar-refractivity contribution in [1.29, 1.82) is 0 Å². The summed E-state index contributed by atoms with van der Waals surface area (Å²) in [7, 11) is 1.47. The molecule has 5 nitrogen and oxygen atoms in total. The number of amides is 1. The molecule has 0 bridgehead atoms. The Morgan fingerprint density at radius 2 is 2.08 bits per heavy atom. The Morgan fingerprint density at radius 1 is 1.23 bits per heavy atom. The van der Waals surface area contributed by atoms with Gasteiger partial charge in [0.25, 0.3) is 5.91 Å². The third kappa shape index (κ3) is 4.09. The molecule has 0 aliphatic heterocycles. The van der Waals surface area contributed by atoms with Crippen LogP contribution in [0, 0.1) is 5.82 Å². The van der Waals surface area contributed by atoms with E-state index in [4.69, 9.17) is 9.47 Å². The van der Waals surface area contributed by atoms with E-state index in [1.807, 2.05) is 17.5 Å². The predicted octanol–water partition coefficient (Wildman–Crippen LogP) is 3.72. The van der Waals surface area contributed by atoms with Crippen LogP contribution in [0.1, 0.15) is 20.1 Å². The van der Waals surface area contributed by atoms with Crippen LogP contribution in [0.5, 0.6) is 0 Å².